The number of fused-ring (bicyclic) bond motifs is 1. The number of hydrogen-bond donors (Lipinski definition) is 1. The first-order valence-corrected chi connectivity index (χ1v) is 8.14. The number of nitrogens with one attached hydrogen (secondary N) is 1. The largest absolute Gasteiger partial charge is 0.468 e. The highest BCUT2D eigenvalue weighted by atomic mass is 19.4. The molecule has 1 atom stereocenters. The van der Waals surface area contributed by atoms with Crippen molar-refractivity contribution < 1.29 is 22.7 Å². The van der Waals surface area contributed by atoms with Crippen LogP contribution in [0.2, 0.25) is 0 Å². The summed E-state index contributed by atoms with van der Waals surface area (Å²) in [6, 6.07) is 13.4. The molecule has 0 aliphatic heterocycles. The van der Waals surface area contributed by atoms with Crippen LogP contribution in [0.15, 0.2) is 54.7 Å². The number of pyridine rings is 2. The number of amides is 1. The van der Waals surface area contributed by atoms with Crippen molar-refractivity contribution in [2.24, 2.45) is 0 Å². The molecule has 0 aliphatic rings. The van der Waals surface area contributed by atoms with Crippen LogP contribution < -0.4 is 10.1 Å². The number of rotatable bonds is 5. The first-order chi connectivity index (χ1) is 12.8. The Kier molecular flexibility index (Phi) is 5.25. The predicted molar refractivity (Wildman–Crippen MR) is 93.4 cm³/mol. The number of benzene rings is 1. The average Bonchev–Trinajstić information content (AvgIpc) is 2.65. The van der Waals surface area contributed by atoms with E-state index in [4.69, 9.17) is 0 Å². The number of para-hydroxylation sites is 1. The van der Waals surface area contributed by atoms with Gasteiger partial charge in [0, 0.05) is 17.6 Å². The molecule has 8 heteroatoms. The van der Waals surface area contributed by atoms with Crippen LogP contribution in [0.1, 0.15) is 29.0 Å². The zero-order valence-electron chi connectivity index (χ0n) is 14.3. The molecule has 27 heavy (non-hydrogen) atoms. The fourth-order valence-electron chi connectivity index (χ4n) is 2.44. The topological polar surface area (TPSA) is 64.1 Å². The standard InChI is InChI=1S/C19H16F3N3O2/c1-12(14-7-9-17(23-10-14)27-11-19(20,21)22)24-18(26)16-8-6-13-4-2-3-5-15(13)25-16/h2-10,12H,11H2,1H3,(H,24,26). The second-order valence-corrected chi connectivity index (χ2v) is 5.92. The molecule has 1 amide bonds. The minimum Gasteiger partial charge on any atom is -0.468 e. The van der Waals surface area contributed by atoms with E-state index in [1.54, 1.807) is 19.1 Å². The molecule has 0 saturated carbocycles. The summed E-state index contributed by atoms with van der Waals surface area (Å²) in [5.41, 5.74) is 1.62. The molecule has 0 bridgehead atoms. The van der Waals surface area contributed by atoms with Gasteiger partial charge < -0.3 is 10.1 Å². The number of aromatic nitrogens is 2. The third kappa shape index (κ3) is 4.93. The highest BCUT2D eigenvalue weighted by Crippen LogP contribution is 2.19. The van der Waals surface area contributed by atoms with E-state index in [1.807, 2.05) is 30.3 Å². The summed E-state index contributed by atoms with van der Waals surface area (Å²) in [5.74, 6) is -0.489. The zero-order valence-corrected chi connectivity index (χ0v) is 14.3. The van der Waals surface area contributed by atoms with Gasteiger partial charge in [0.15, 0.2) is 6.61 Å². The van der Waals surface area contributed by atoms with E-state index in [0.717, 1.165) is 5.39 Å². The smallest absolute Gasteiger partial charge is 0.422 e. The SMILES string of the molecule is CC(NC(=O)c1ccc2ccccc2n1)c1ccc(OCC(F)(F)F)nc1. The van der Waals surface area contributed by atoms with Crippen molar-refractivity contribution in [2.75, 3.05) is 6.61 Å². The number of carbonyl (C=O) groups excluding carboxylic acids is 1. The van der Waals surface area contributed by atoms with E-state index in [1.165, 1.54) is 12.3 Å². The van der Waals surface area contributed by atoms with E-state index >= 15 is 0 Å². The van der Waals surface area contributed by atoms with Gasteiger partial charge in [-0.1, -0.05) is 30.3 Å². The lowest BCUT2D eigenvalue weighted by Gasteiger charge is -2.15. The fraction of sp³-hybridized carbons (Fsp3) is 0.211. The van der Waals surface area contributed by atoms with E-state index in [0.29, 0.717) is 11.1 Å². The van der Waals surface area contributed by atoms with Crippen molar-refractivity contribution in [1.29, 1.82) is 0 Å². The van der Waals surface area contributed by atoms with Crippen LogP contribution >= 0.6 is 0 Å². The van der Waals surface area contributed by atoms with Crippen LogP contribution in [0, 0.1) is 0 Å². The maximum Gasteiger partial charge on any atom is 0.422 e. The number of hydrogen-bond acceptors (Lipinski definition) is 4. The molecule has 2 heterocycles. The van der Waals surface area contributed by atoms with Crippen molar-refractivity contribution in [3.05, 3.63) is 66.0 Å². The van der Waals surface area contributed by atoms with Gasteiger partial charge in [-0.2, -0.15) is 13.2 Å². The Morgan fingerprint density at radius 1 is 1.15 bits per heavy atom. The maximum atomic E-state index is 12.4. The normalized spacial score (nSPS) is 12.6. The molecule has 5 nitrogen and oxygen atoms in total. The maximum absolute atomic E-state index is 12.4. The third-order valence-corrected chi connectivity index (χ3v) is 3.82. The van der Waals surface area contributed by atoms with Gasteiger partial charge in [-0.25, -0.2) is 9.97 Å². The molecule has 2 aromatic heterocycles. The monoisotopic (exact) mass is 375 g/mol. The molecular weight excluding hydrogens is 359 g/mol. The summed E-state index contributed by atoms with van der Waals surface area (Å²) in [6.07, 6.45) is -3.06. The minimum atomic E-state index is -4.42. The number of alkyl halides is 3. The molecule has 1 aromatic carbocycles. The first-order valence-electron chi connectivity index (χ1n) is 8.14. The molecule has 3 rings (SSSR count). The summed E-state index contributed by atoms with van der Waals surface area (Å²) in [5, 5.41) is 3.72. The van der Waals surface area contributed by atoms with Crippen molar-refractivity contribution >= 4 is 16.8 Å². The van der Waals surface area contributed by atoms with Gasteiger partial charge in [0.1, 0.15) is 5.69 Å². The highest BCUT2D eigenvalue weighted by molar-refractivity contribution is 5.95. The molecule has 1 unspecified atom stereocenters. The summed E-state index contributed by atoms with van der Waals surface area (Å²) in [6.45, 7) is 0.339. The molecule has 0 fully saturated rings. The number of halogens is 3. The predicted octanol–water partition coefficient (Wildman–Crippen LogP) is 4.06. The van der Waals surface area contributed by atoms with Gasteiger partial charge in [-0.15, -0.1) is 0 Å². The minimum absolute atomic E-state index is 0.134. The molecule has 0 aliphatic carbocycles. The Hall–Kier alpha value is -3.16. The molecule has 140 valence electrons. The first kappa shape index (κ1) is 18.6. The molecule has 3 aromatic rings. The van der Waals surface area contributed by atoms with Gasteiger partial charge >= 0.3 is 6.18 Å². The fourth-order valence-corrected chi connectivity index (χ4v) is 2.44. The van der Waals surface area contributed by atoms with Gasteiger partial charge in [0.25, 0.3) is 5.91 Å². The third-order valence-electron chi connectivity index (χ3n) is 3.82. The van der Waals surface area contributed by atoms with Gasteiger partial charge in [-0.05, 0) is 24.6 Å². The van der Waals surface area contributed by atoms with Crippen LogP contribution in [0.5, 0.6) is 5.88 Å². The average molecular weight is 375 g/mol. The molecule has 1 N–H and O–H groups in total. The second kappa shape index (κ2) is 7.61. The molecule has 0 saturated heterocycles. The van der Waals surface area contributed by atoms with Crippen molar-refractivity contribution in [3.8, 4) is 5.88 Å². The summed E-state index contributed by atoms with van der Waals surface area (Å²) < 4.78 is 41.0. The summed E-state index contributed by atoms with van der Waals surface area (Å²) in [4.78, 5) is 20.6. The lowest BCUT2D eigenvalue weighted by Crippen LogP contribution is -2.27. The van der Waals surface area contributed by atoms with Gasteiger partial charge in [0.2, 0.25) is 5.88 Å². The van der Waals surface area contributed by atoms with E-state index < -0.39 is 18.8 Å². The van der Waals surface area contributed by atoms with Gasteiger partial charge in [0.05, 0.1) is 11.6 Å². The Balaban J connectivity index is 1.65. The van der Waals surface area contributed by atoms with Crippen molar-refractivity contribution in [2.45, 2.75) is 19.1 Å². The molecule has 0 radical (unpaired) electrons. The Morgan fingerprint density at radius 3 is 2.63 bits per heavy atom. The summed E-state index contributed by atoms with van der Waals surface area (Å²) >= 11 is 0. The summed E-state index contributed by atoms with van der Waals surface area (Å²) in [7, 11) is 0. The van der Waals surface area contributed by atoms with Crippen molar-refractivity contribution in [3.63, 3.8) is 0 Å². The van der Waals surface area contributed by atoms with Crippen LogP contribution in [-0.4, -0.2) is 28.7 Å². The van der Waals surface area contributed by atoms with Gasteiger partial charge in [-0.3, -0.25) is 4.79 Å². The Labute approximate surface area is 153 Å². The van der Waals surface area contributed by atoms with Crippen LogP contribution in [0.3, 0.4) is 0 Å². The molecule has 0 spiro atoms. The quantitative estimate of drug-likeness (QED) is 0.730. The van der Waals surface area contributed by atoms with E-state index in [9.17, 15) is 18.0 Å². The zero-order chi connectivity index (χ0) is 19.4. The van der Waals surface area contributed by atoms with E-state index in [2.05, 4.69) is 20.0 Å². The van der Waals surface area contributed by atoms with E-state index in [-0.39, 0.29) is 17.5 Å². The van der Waals surface area contributed by atoms with Crippen LogP contribution in [0.25, 0.3) is 10.9 Å². The lowest BCUT2D eigenvalue weighted by molar-refractivity contribution is -0.154. The van der Waals surface area contributed by atoms with Crippen LogP contribution in [0.4, 0.5) is 13.2 Å². The van der Waals surface area contributed by atoms with Crippen LogP contribution in [-0.2, 0) is 0 Å². The second-order valence-electron chi connectivity index (χ2n) is 5.92. The van der Waals surface area contributed by atoms with Crippen molar-refractivity contribution in [1.82, 2.24) is 15.3 Å². The molecular formula is C19H16F3N3O2. The Bertz CT molecular complexity index is 943. The Morgan fingerprint density at radius 2 is 1.93 bits per heavy atom. The number of carbonyl (C=O) groups is 1. The number of ether oxygens (including phenoxy) is 1. The highest BCUT2D eigenvalue weighted by Gasteiger charge is 2.28. The number of nitrogens with zero attached hydrogens (tertiary/aromatic N) is 2. The lowest BCUT2D eigenvalue weighted by atomic mass is 10.1.